The van der Waals surface area contributed by atoms with Crippen molar-refractivity contribution in [1.29, 1.82) is 0 Å². The maximum absolute atomic E-state index is 9.24. The first-order valence-electron chi connectivity index (χ1n) is 6.01. The van der Waals surface area contributed by atoms with Crippen LogP contribution in [0.1, 0.15) is 25.7 Å². The Hall–Kier alpha value is -0.670. The largest absolute Gasteiger partial charge is 0.508 e. The monoisotopic (exact) mass is 235 g/mol. The zero-order valence-electron chi connectivity index (χ0n) is 9.23. The average molecular weight is 235 g/mol. The van der Waals surface area contributed by atoms with Crippen LogP contribution < -0.4 is 5.32 Å². The normalized spacial score (nSPS) is 32.9. The third-order valence-electron chi connectivity index (χ3n) is 3.57. The van der Waals surface area contributed by atoms with Crippen LogP contribution in [-0.2, 0) is 0 Å². The molecule has 0 aliphatic carbocycles. The van der Waals surface area contributed by atoms with Gasteiger partial charge in [0.05, 0.1) is 0 Å². The van der Waals surface area contributed by atoms with Crippen LogP contribution in [0.3, 0.4) is 0 Å². The van der Waals surface area contributed by atoms with Gasteiger partial charge in [-0.05, 0) is 49.9 Å². The van der Waals surface area contributed by atoms with Gasteiger partial charge in [-0.1, -0.05) is 0 Å². The second-order valence-corrected chi connectivity index (χ2v) is 6.22. The molecule has 2 atom stereocenters. The molecular formula is C13H17NOS. The predicted molar refractivity (Wildman–Crippen MR) is 66.9 cm³/mol. The highest BCUT2D eigenvalue weighted by atomic mass is 32.2. The van der Waals surface area contributed by atoms with Gasteiger partial charge < -0.3 is 10.4 Å². The molecule has 16 heavy (non-hydrogen) atoms. The van der Waals surface area contributed by atoms with Gasteiger partial charge in [0.15, 0.2) is 0 Å². The van der Waals surface area contributed by atoms with Crippen molar-refractivity contribution in [2.45, 2.75) is 47.9 Å². The van der Waals surface area contributed by atoms with E-state index in [-0.39, 0.29) is 0 Å². The van der Waals surface area contributed by atoms with Gasteiger partial charge in [-0.3, -0.25) is 0 Å². The number of hydrogen-bond acceptors (Lipinski definition) is 3. The van der Waals surface area contributed by atoms with Gasteiger partial charge in [-0.25, -0.2) is 0 Å². The Labute approximate surface area is 100 Å². The minimum Gasteiger partial charge on any atom is -0.508 e. The molecule has 2 bridgehead atoms. The van der Waals surface area contributed by atoms with Crippen molar-refractivity contribution in [3.05, 3.63) is 24.3 Å². The van der Waals surface area contributed by atoms with Crippen LogP contribution >= 0.6 is 11.8 Å². The second kappa shape index (κ2) is 4.30. The first-order valence-corrected chi connectivity index (χ1v) is 6.89. The molecule has 2 N–H and O–H groups in total. The third kappa shape index (κ3) is 2.20. The zero-order chi connectivity index (χ0) is 11.0. The van der Waals surface area contributed by atoms with Gasteiger partial charge in [-0.15, -0.1) is 11.8 Å². The predicted octanol–water partition coefficient (Wildman–Crippen LogP) is 2.77. The fraction of sp³-hybridized carbons (Fsp3) is 0.538. The molecule has 1 aromatic carbocycles. The maximum atomic E-state index is 9.24. The van der Waals surface area contributed by atoms with Crippen molar-refractivity contribution in [1.82, 2.24) is 5.32 Å². The van der Waals surface area contributed by atoms with Gasteiger partial charge >= 0.3 is 0 Å². The first-order chi connectivity index (χ1) is 7.79. The van der Waals surface area contributed by atoms with Crippen LogP contribution in [0, 0.1) is 0 Å². The lowest BCUT2D eigenvalue weighted by Crippen LogP contribution is -2.39. The summed E-state index contributed by atoms with van der Waals surface area (Å²) in [5.41, 5.74) is 0. The number of nitrogens with one attached hydrogen (secondary N) is 1. The van der Waals surface area contributed by atoms with Crippen LogP contribution in [0.4, 0.5) is 0 Å². The summed E-state index contributed by atoms with van der Waals surface area (Å²) >= 11 is 1.97. The van der Waals surface area contributed by atoms with Crippen molar-refractivity contribution in [3.8, 4) is 5.75 Å². The summed E-state index contributed by atoms with van der Waals surface area (Å²) in [6, 6.07) is 9.10. The van der Waals surface area contributed by atoms with Crippen molar-refractivity contribution < 1.29 is 5.11 Å². The highest BCUT2D eigenvalue weighted by Gasteiger charge is 2.33. The van der Waals surface area contributed by atoms with E-state index in [1.807, 2.05) is 23.9 Å². The molecule has 86 valence electrons. The summed E-state index contributed by atoms with van der Waals surface area (Å²) in [6.07, 6.45) is 5.30. The Morgan fingerprint density at radius 3 is 2.31 bits per heavy atom. The maximum Gasteiger partial charge on any atom is 0.115 e. The van der Waals surface area contributed by atoms with Crippen molar-refractivity contribution in [2.24, 2.45) is 0 Å². The standard InChI is InChI=1S/C13H17NOS/c15-11-3-5-12(6-4-11)16-13-7-9-1-2-10(8-13)14-9/h3-6,9-10,13-15H,1-2,7-8H2. The van der Waals surface area contributed by atoms with Gasteiger partial charge in [0, 0.05) is 22.2 Å². The molecule has 2 saturated heterocycles. The fourth-order valence-electron chi connectivity index (χ4n) is 2.82. The number of hydrogen-bond donors (Lipinski definition) is 2. The van der Waals surface area contributed by atoms with E-state index in [2.05, 4.69) is 5.32 Å². The van der Waals surface area contributed by atoms with Crippen LogP contribution in [0.5, 0.6) is 5.75 Å². The number of phenolic OH excluding ortho intramolecular Hbond substituents is 1. The number of fused-ring (bicyclic) bond motifs is 2. The summed E-state index contributed by atoms with van der Waals surface area (Å²) in [5.74, 6) is 0.356. The number of phenols is 1. The minimum absolute atomic E-state index is 0.356. The van der Waals surface area contributed by atoms with Gasteiger partial charge in [0.2, 0.25) is 0 Å². The van der Waals surface area contributed by atoms with Crippen LogP contribution in [0.15, 0.2) is 29.2 Å². The van der Waals surface area contributed by atoms with E-state index in [9.17, 15) is 5.11 Å². The molecule has 2 unspecified atom stereocenters. The van der Waals surface area contributed by atoms with Crippen molar-refractivity contribution in [3.63, 3.8) is 0 Å². The molecule has 0 amide bonds. The Morgan fingerprint density at radius 1 is 1.06 bits per heavy atom. The molecule has 3 heteroatoms. The third-order valence-corrected chi connectivity index (χ3v) is 4.83. The molecule has 0 aromatic heterocycles. The lowest BCUT2D eigenvalue weighted by atomic mass is 10.1. The van der Waals surface area contributed by atoms with Crippen molar-refractivity contribution in [2.75, 3.05) is 0 Å². The van der Waals surface area contributed by atoms with Crippen LogP contribution in [0.25, 0.3) is 0 Å². The zero-order valence-corrected chi connectivity index (χ0v) is 10.0. The minimum atomic E-state index is 0.356. The van der Waals surface area contributed by atoms with Gasteiger partial charge in [-0.2, -0.15) is 0 Å². The van der Waals surface area contributed by atoms with E-state index < -0.39 is 0 Å². The Kier molecular flexibility index (Phi) is 2.82. The van der Waals surface area contributed by atoms with E-state index >= 15 is 0 Å². The Morgan fingerprint density at radius 2 is 1.69 bits per heavy atom. The van der Waals surface area contributed by atoms with E-state index in [0.29, 0.717) is 5.75 Å². The van der Waals surface area contributed by atoms with Gasteiger partial charge in [0.1, 0.15) is 5.75 Å². The van der Waals surface area contributed by atoms with Crippen LogP contribution in [-0.4, -0.2) is 22.4 Å². The first kappa shape index (κ1) is 10.5. The van der Waals surface area contributed by atoms with Crippen LogP contribution in [0.2, 0.25) is 0 Å². The SMILES string of the molecule is Oc1ccc(SC2CC3CCC(C2)N3)cc1. The van der Waals surface area contributed by atoms with Crippen molar-refractivity contribution >= 4 is 11.8 Å². The molecule has 2 nitrogen and oxygen atoms in total. The van der Waals surface area contributed by atoms with E-state index in [4.69, 9.17) is 0 Å². The summed E-state index contributed by atoms with van der Waals surface area (Å²) in [4.78, 5) is 1.28. The lowest BCUT2D eigenvalue weighted by Gasteiger charge is -2.28. The van der Waals surface area contributed by atoms with E-state index in [0.717, 1.165) is 17.3 Å². The highest BCUT2D eigenvalue weighted by Crippen LogP contribution is 2.37. The number of rotatable bonds is 2. The highest BCUT2D eigenvalue weighted by molar-refractivity contribution is 8.00. The number of aromatic hydroxyl groups is 1. The molecular weight excluding hydrogens is 218 g/mol. The quantitative estimate of drug-likeness (QED) is 0.826. The Balaban J connectivity index is 1.64. The van der Waals surface area contributed by atoms with E-state index in [1.165, 1.54) is 30.6 Å². The summed E-state index contributed by atoms with van der Waals surface area (Å²) in [6.45, 7) is 0. The molecule has 0 spiro atoms. The topological polar surface area (TPSA) is 32.3 Å². The molecule has 0 radical (unpaired) electrons. The fourth-order valence-corrected chi connectivity index (χ4v) is 4.15. The summed E-state index contributed by atoms with van der Waals surface area (Å²) in [5, 5.41) is 13.7. The van der Waals surface area contributed by atoms with E-state index in [1.54, 1.807) is 12.1 Å². The molecule has 2 fully saturated rings. The number of thioether (sulfide) groups is 1. The van der Waals surface area contributed by atoms with Gasteiger partial charge in [0.25, 0.3) is 0 Å². The summed E-state index contributed by atoms with van der Waals surface area (Å²) in [7, 11) is 0. The molecule has 2 aliphatic rings. The summed E-state index contributed by atoms with van der Waals surface area (Å²) < 4.78 is 0. The second-order valence-electron chi connectivity index (χ2n) is 4.84. The molecule has 0 saturated carbocycles. The smallest absolute Gasteiger partial charge is 0.115 e. The molecule has 2 heterocycles. The molecule has 1 aromatic rings. The lowest BCUT2D eigenvalue weighted by molar-refractivity contribution is 0.415. The number of benzene rings is 1. The number of piperidine rings is 1. The Bertz CT molecular complexity index is 353. The molecule has 2 aliphatic heterocycles. The average Bonchev–Trinajstić information content (AvgIpc) is 2.62. The molecule has 3 rings (SSSR count).